The molecule has 1 aliphatic heterocycles. The predicted octanol–water partition coefficient (Wildman–Crippen LogP) is 2.96. The van der Waals surface area contributed by atoms with Gasteiger partial charge in [-0.3, -0.25) is 4.79 Å². The van der Waals surface area contributed by atoms with Gasteiger partial charge in [-0.1, -0.05) is 20.8 Å². The predicted molar refractivity (Wildman–Crippen MR) is 112 cm³/mol. The topological polar surface area (TPSA) is 96.5 Å². The van der Waals surface area contributed by atoms with Crippen LogP contribution in [0.2, 0.25) is 0 Å². The first-order valence-electron chi connectivity index (χ1n) is 10.7. The second kappa shape index (κ2) is 6.58. The van der Waals surface area contributed by atoms with Gasteiger partial charge in [0.2, 0.25) is 15.9 Å². The van der Waals surface area contributed by atoms with Crippen molar-refractivity contribution in [2.75, 3.05) is 12.9 Å². The number of carbonyl (C=O) groups is 2. The third kappa shape index (κ3) is 2.65. The van der Waals surface area contributed by atoms with E-state index in [-0.39, 0.29) is 28.5 Å². The van der Waals surface area contributed by atoms with Crippen LogP contribution in [-0.4, -0.2) is 48.5 Å². The number of fused-ring (bicyclic) bond motifs is 1. The van der Waals surface area contributed by atoms with E-state index in [1.807, 2.05) is 13.8 Å². The highest BCUT2D eigenvalue weighted by Gasteiger charge is 2.72. The Morgan fingerprint density at radius 1 is 1.30 bits per heavy atom. The molecular formula is C22H32N2O5S. The van der Waals surface area contributed by atoms with E-state index in [0.717, 1.165) is 36.1 Å². The Bertz CT molecular complexity index is 1020. The lowest BCUT2D eigenvalue weighted by Gasteiger charge is -2.37. The van der Waals surface area contributed by atoms with Crippen LogP contribution < -0.4 is 0 Å². The number of aryl methyl sites for hydroxylation is 1. The minimum absolute atomic E-state index is 0.0633. The number of sulfonamides is 1. The zero-order chi connectivity index (χ0) is 22.2. The van der Waals surface area contributed by atoms with Crippen LogP contribution >= 0.6 is 0 Å². The smallest absolute Gasteiger partial charge is 0.354 e. The van der Waals surface area contributed by atoms with E-state index >= 15 is 0 Å². The summed E-state index contributed by atoms with van der Waals surface area (Å²) in [5.74, 6) is -0.716. The summed E-state index contributed by atoms with van der Waals surface area (Å²) in [6.07, 6.45) is 3.09. The average Bonchev–Trinajstić information content (AvgIpc) is 3.25. The summed E-state index contributed by atoms with van der Waals surface area (Å²) in [5.41, 5.74) is 2.43. The zero-order valence-electron chi connectivity index (χ0n) is 18.7. The highest BCUT2D eigenvalue weighted by atomic mass is 32.2. The number of nitrogens with zero attached hydrogens (tertiary/aromatic N) is 1. The molecule has 2 heterocycles. The summed E-state index contributed by atoms with van der Waals surface area (Å²) in [6.45, 7) is 9.82. The average molecular weight is 437 g/mol. The van der Waals surface area contributed by atoms with E-state index in [1.54, 1.807) is 6.92 Å². The third-order valence-electron chi connectivity index (χ3n) is 8.54. The fourth-order valence-corrected chi connectivity index (χ4v) is 9.22. The van der Waals surface area contributed by atoms with Crippen molar-refractivity contribution in [1.82, 2.24) is 9.29 Å². The number of carbonyl (C=O) groups excluding carboxylic acids is 2. The molecule has 0 aromatic carbocycles. The van der Waals surface area contributed by atoms with E-state index in [4.69, 9.17) is 4.74 Å². The van der Waals surface area contributed by atoms with E-state index < -0.39 is 21.9 Å². The lowest BCUT2D eigenvalue weighted by Crippen LogP contribution is -2.46. The fourth-order valence-electron chi connectivity index (χ4n) is 6.59. The molecule has 1 N–H and O–H groups in total. The summed E-state index contributed by atoms with van der Waals surface area (Å²) in [5, 5.41) is 0. The largest absolute Gasteiger partial charge is 0.464 e. The number of amides is 1. The van der Waals surface area contributed by atoms with Crippen molar-refractivity contribution in [3.8, 4) is 0 Å². The SMILES string of the molecule is COC(=O)c1[nH]c(C)c(C[C@@H](C)C(=O)N2[C@@H]3C[C@H]4CC[C@]3(CS2(=O)=O)C4(C)C)c1C. The molecule has 1 amide bonds. The molecule has 2 bridgehead atoms. The number of aromatic nitrogens is 1. The molecular weight excluding hydrogens is 404 g/mol. The Morgan fingerprint density at radius 2 is 1.97 bits per heavy atom. The number of hydrogen-bond donors (Lipinski definition) is 1. The van der Waals surface area contributed by atoms with Crippen molar-refractivity contribution in [3.63, 3.8) is 0 Å². The second-order valence-corrected chi connectivity index (χ2v) is 11.9. The third-order valence-corrected chi connectivity index (χ3v) is 10.5. The second-order valence-electron chi connectivity index (χ2n) is 10.1. The number of rotatable bonds is 4. The number of methoxy groups -OCH3 is 1. The van der Waals surface area contributed by atoms with Crippen LogP contribution in [0.5, 0.6) is 0 Å². The van der Waals surface area contributed by atoms with Crippen molar-refractivity contribution < 1.29 is 22.7 Å². The fraction of sp³-hybridized carbons (Fsp3) is 0.727. The Kier molecular flexibility index (Phi) is 4.70. The van der Waals surface area contributed by atoms with Crippen LogP contribution in [-0.2, 0) is 26.0 Å². The lowest BCUT2D eigenvalue weighted by atomic mass is 9.69. The highest BCUT2D eigenvalue weighted by molar-refractivity contribution is 7.90. The number of nitrogens with one attached hydrogen (secondary N) is 1. The van der Waals surface area contributed by atoms with Crippen molar-refractivity contribution in [1.29, 1.82) is 0 Å². The molecule has 166 valence electrons. The molecule has 30 heavy (non-hydrogen) atoms. The first-order valence-corrected chi connectivity index (χ1v) is 12.3. The summed E-state index contributed by atoms with van der Waals surface area (Å²) in [4.78, 5) is 28.5. The van der Waals surface area contributed by atoms with E-state index in [0.29, 0.717) is 18.0 Å². The van der Waals surface area contributed by atoms with Gasteiger partial charge in [-0.2, -0.15) is 0 Å². The molecule has 1 aromatic rings. The molecule has 2 saturated carbocycles. The monoisotopic (exact) mass is 436 g/mol. The van der Waals surface area contributed by atoms with Crippen LogP contribution in [0.1, 0.15) is 67.3 Å². The first kappa shape index (κ1) is 21.4. The van der Waals surface area contributed by atoms with Gasteiger partial charge in [0.25, 0.3) is 0 Å². The van der Waals surface area contributed by atoms with Gasteiger partial charge in [-0.05, 0) is 62.0 Å². The molecule has 2 aliphatic carbocycles. The van der Waals surface area contributed by atoms with Gasteiger partial charge in [0.15, 0.2) is 0 Å². The van der Waals surface area contributed by atoms with E-state index in [1.165, 1.54) is 11.4 Å². The Hall–Kier alpha value is -1.83. The Labute approximate surface area is 178 Å². The minimum Gasteiger partial charge on any atom is -0.464 e. The van der Waals surface area contributed by atoms with Crippen LogP contribution in [0.4, 0.5) is 0 Å². The number of H-pyrrole nitrogens is 1. The van der Waals surface area contributed by atoms with Crippen molar-refractivity contribution in [3.05, 3.63) is 22.5 Å². The van der Waals surface area contributed by atoms with Crippen molar-refractivity contribution in [2.24, 2.45) is 22.7 Å². The van der Waals surface area contributed by atoms with Gasteiger partial charge >= 0.3 is 5.97 Å². The maximum absolute atomic E-state index is 13.5. The van der Waals surface area contributed by atoms with Gasteiger partial charge in [0.1, 0.15) is 5.69 Å². The molecule has 1 aromatic heterocycles. The van der Waals surface area contributed by atoms with Gasteiger partial charge in [0, 0.05) is 17.0 Å². The number of hydrogen-bond acceptors (Lipinski definition) is 5. The molecule has 0 unspecified atom stereocenters. The molecule has 8 heteroatoms. The molecule has 7 nitrogen and oxygen atoms in total. The van der Waals surface area contributed by atoms with Crippen LogP contribution in [0, 0.1) is 36.5 Å². The molecule has 1 spiro atoms. The van der Waals surface area contributed by atoms with Crippen LogP contribution in [0.3, 0.4) is 0 Å². The Balaban J connectivity index is 1.61. The quantitative estimate of drug-likeness (QED) is 0.732. The van der Waals surface area contributed by atoms with Crippen molar-refractivity contribution in [2.45, 2.75) is 66.3 Å². The minimum atomic E-state index is -3.63. The van der Waals surface area contributed by atoms with Gasteiger partial charge in [-0.15, -0.1) is 0 Å². The van der Waals surface area contributed by atoms with Crippen LogP contribution in [0.25, 0.3) is 0 Å². The molecule has 4 atom stereocenters. The normalized spacial score (nSPS) is 31.6. The van der Waals surface area contributed by atoms with Crippen molar-refractivity contribution >= 4 is 21.9 Å². The number of ether oxygens (including phenoxy) is 1. The molecule has 3 fully saturated rings. The molecule has 0 radical (unpaired) electrons. The molecule has 3 aliphatic rings. The van der Waals surface area contributed by atoms with E-state index in [2.05, 4.69) is 18.8 Å². The first-order chi connectivity index (χ1) is 13.9. The van der Waals surface area contributed by atoms with Gasteiger partial charge < -0.3 is 9.72 Å². The van der Waals surface area contributed by atoms with E-state index in [9.17, 15) is 18.0 Å². The summed E-state index contributed by atoms with van der Waals surface area (Å²) in [7, 11) is -2.30. The zero-order valence-corrected chi connectivity index (χ0v) is 19.5. The lowest BCUT2D eigenvalue weighted by molar-refractivity contribution is -0.132. The highest BCUT2D eigenvalue weighted by Crippen LogP contribution is 2.70. The van der Waals surface area contributed by atoms with Crippen LogP contribution in [0.15, 0.2) is 0 Å². The Morgan fingerprint density at radius 3 is 2.57 bits per heavy atom. The summed E-state index contributed by atoms with van der Waals surface area (Å²) >= 11 is 0. The summed E-state index contributed by atoms with van der Waals surface area (Å²) in [6, 6.07) is -0.217. The molecule has 1 saturated heterocycles. The summed E-state index contributed by atoms with van der Waals surface area (Å²) < 4.78 is 32.4. The number of esters is 1. The number of aromatic amines is 1. The van der Waals surface area contributed by atoms with Gasteiger partial charge in [0.05, 0.1) is 18.9 Å². The maximum atomic E-state index is 13.5. The maximum Gasteiger partial charge on any atom is 0.354 e. The standard InChI is InChI=1S/C22H32N2O5S/c1-12(9-16-13(2)18(20(26)29-6)23-14(16)3)19(25)24-17-10-15-7-8-22(17,21(15,4)5)11-30(24,27)28/h12,15,17,23H,7-11H2,1-6H3/t12-,15-,17-,22-/m1/s1. The molecule has 4 rings (SSSR count). The van der Waals surface area contributed by atoms with Gasteiger partial charge in [-0.25, -0.2) is 17.5 Å².